The average molecular weight is 472 g/mol. The maximum atomic E-state index is 12.6. The van der Waals surface area contributed by atoms with E-state index in [0.717, 1.165) is 49.4 Å². The fourth-order valence-electron chi connectivity index (χ4n) is 4.31. The van der Waals surface area contributed by atoms with Gasteiger partial charge in [0.1, 0.15) is 6.61 Å². The van der Waals surface area contributed by atoms with Gasteiger partial charge >= 0.3 is 5.51 Å². The number of aromatic nitrogens is 1. The number of alkyl halides is 3. The van der Waals surface area contributed by atoms with Crippen molar-refractivity contribution in [3.05, 3.63) is 84.1 Å². The molecule has 2 aliphatic rings. The number of rotatable bonds is 7. The van der Waals surface area contributed by atoms with Crippen LogP contribution in [0.4, 0.5) is 18.9 Å². The molecule has 1 saturated carbocycles. The van der Waals surface area contributed by atoms with Crippen molar-refractivity contribution in [2.75, 3.05) is 18.1 Å². The third-order valence-corrected chi connectivity index (χ3v) is 6.90. The summed E-state index contributed by atoms with van der Waals surface area (Å²) < 4.78 is 43.7. The minimum atomic E-state index is -4.27. The summed E-state index contributed by atoms with van der Waals surface area (Å²) in [7, 11) is 0. The molecule has 1 spiro atoms. The van der Waals surface area contributed by atoms with Gasteiger partial charge in [0.15, 0.2) is 0 Å². The van der Waals surface area contributed by atoms with Gasteiger partial charge in [0.25, 0.3) is 0 Å². The Morgan fingerprint density at radius 2 is 1.73 bits per heavy atom. The van der Waals surface area contributed by atoms with Crippen LogP contribution in [-0.2, 0) is 13.2 Å². The third-order valence-electron chi connectivity index (χ3n) is 6.16. The fourth-order valence-corrected chi connectivity index (χ4v) is 4.85. The molecule has 172 valence electrons. The molecule has 1 aliphatic carbocycles. The minimum Gasteiger partial charge on any atom is -0.473 e. The zero-order valence-electron chi connectivity index (χ0n) is 18.0. The zero-order valence-corrected chi connectivity index (χ0v) is 18.8. The van der Waals surface area contributed by atoms with E-state index in [9.17, 15) is 13.2 Å². The second-order valence-electron chi connectivity index (χ2n) is 8.58. The molecule has 3 aromatic rings. The molecular weight excluding hydrogens is 447 g/mol. The van der Waals surface area contributed by atoms with Crippen LogP contribution in [0.1, 0.15) is 24.0 Å². The van der Waals surface area contributed by atoms with Crippen LogP contribution in [0.25, 0.3) is 0 Å². The van der Waals surface area contributed by atoms with E-state index in [-0.39, 0.29) is 22.2 Å². The number of ether oxygens (including phenoxy) is 1. The third kappa shape index (κ3) is 5.45. The highest BCUT2D eigenvalue weighted by atomic mass is 32.2. The van der Waals surface area contributed by atoms with Crippen LogP contribution in [-0.4, -0.2) is 34.1 Å². The van der Waals surface area contributed by atoms with Crippen molar-refractivity contribution in [2.45, 2.75) is 41.9 Å². The van der Waals surface area contributed by atoms with Gasteiger partial charge in [-0.3, -0.25) is 4.90 Å². The molecule has 2 aromatic carbocycles. The lowest BCUT2D eigenvalue weighted by Crippen LogP contribution is -2.32. The minimum absolute atomic E-state index is 0.0765. The molecule has 0 atom stereocenters. The van der Waals surface area contributed by atoms with Gasteiger partial charge in [-0.2, -0.15) is 13.2 Å². The van der Waals surface area contributed by atoms with Crippen molar-refractivity contribution in [2.24, 2.45) is 0 Å². The molecule has 1 aromatic heterocycles. The van der Waals surface area contributed by atoms with Crippen molar-refractivity contribution in [1.82, 2.24) is 9.88 Å². The summed E-state index contributed by atoms with van der Waals surface area (Å²) in [5.41, 5.74) is -0.933. The first-order valence-electron chi connectivity index (χ1n) is 10.9. The van der Waals surface area contributed by atoms with Gasteiger partial charge in [0, 0.05) is 41.5 Å². The molecule has 1 aliphatic heterocycles. The summed E-state index contributed by atoms with van der Waals surface area (Å²) in [6, 6.07) is 20.7. The molecule has 0 bridgehead atoms. The van der Waals surface area contributed by atoms with Crippen molar-refractivity contribution >= 4 is 17.4 Å². The average Bonchev–Trinajstić information content (AvgIpc) is 3.49. The van der Waals surface area contributed by atoms with Crippen LogP contribution in [0.3, 0.4) is 0 Å². The highest BCUT2D eigenvalue weighted by Crippen LogP contribution is 2.48. The Morgan fingerprint density at radius 1 is 0.970 bits per heavy atom. The molecule has 1 saturated heterocycles. The normalized spacial score (nSPS) is 17.5. The van der Waals surface area contributed by atoms with E-state index >= 15 is 0 Å². The number of pyridine rings is 1. The van der Waals surface area contributed by atoms with Crippen LogP contribution in [0.2, 0.25) is 0 Å². The molecule has 5 rings (SSSR count). The second kappa shape index (κ2) is 8.91. The summed E-state index contributed by atoms with van der Waals surface area (Å²) >= 11 is -0.0765. The van der Waals surface area contributed by atoms with Crippen LogP contribution >= 0.6 is 11.8 Å². The molecule has 8 heteroatoms. The van der Waals surface area contributed by atoms with E-state index in [1.807, 2.05) is 42.5 Å². The second-order valence-corrected chi connectivity index (χ2v) is 9.72. The molecule has 4 nitrogen and oxygen atoms in total. The molecule has 0 N–H and O–H groups in total. The lowest BCUT2D eigenvalue weighted by Gasteiger charge is -2.22. The van der Waals surface area contributed by atoms with Crippen LogP contribution in [0.15, 0.2) is 77.8 Å². The van der Waals surface area contributed by atoms with E-state index in [1.165, 1.54) is 0 Å². The topological polar surface area (TPSA) is 28.6 Å². The maximum absolute atomic E-state index is 12.6. The van der Waals surface area contributed by atoms with Gasteiger partial charge in [-0.25, -0.2) is 4.98 Å². The van der Waals surface area contributed by atoms with E-state index in [4.69, 9.17) is 4.74 Å². The predicted molar refractivity (Wildman–Crippen MR) is 123 cm³/mol. The van der Waals surface area contributed by atoms with Gasteiger partial charge in [0.05, 0.1) is 6.67 Å². The van der Waals surface area contributed by atoms with Gasteiger partial charge in [-0.1, -0.05) is 30.3 Å². The molecule has 2 fully saturated rings. The van der Waals surface area contributed by atoms with Crippen LogP contribution in [0.5, 0.6) is 5.88 Å². The first kappa shape index (κ1) is 22.1. The quantitative estimate of drug-likeness (QED) is 0.389. The zero-order chi connectivity index (χ0) is 22.9. The number of hydrogen-bond acceptors (Lipinski definition) is 5. The monoisotopic (exact) mass is 471 g/mol. The number of nitrogens with zero attached hydrogens (tertiary/aromatic N) is 3. The summed E-state index contributed by atoms with van der Waals surface area (Å²) in [5.74, 6) is 0.606. The fraction of sp³-hybridized carbons (Fsp3) is 0.320. The standard InChI is InChI=1S/C25H24F3N3OS/c26-25(27,28)33-22-8-6-21(7-9-22)30-17-24(11-12-24)31(18-30)15-20-10-13-29-23(14-20)32-16-19-4-2-1-3-5-19/h1-10,13-14H,11-12,15-18H2. The maximum Gasteiger partial charge on any atom is 0.446 e. The highest BCUT2D eigenvalue weighted by Gasteiger charge is 2.53. The number of anilines is 1. The number of thioether (sulfide) groups is 1. The Labute approximate surface area is 195 Å². The van der Waals surface area contributed by atoms with Crippen molar-refractivity contribution < 1.29 is 17.9 Å². The molecule has 0 unspecified atom stereocenters. The summed E-state index contributed by atoms with van der Waals surface area (Å²) in [6.07, 6.45) is 4.04. The van der Waals surface area contributed by atoms with E-state index in [0.29, 0.717) is 12.5 Å². The summed E-state index contributed by atoms with van der Waals surface area (Å²) in [4.78, 5) is 9.27. The van der Waals surface area contributed by atoms with Gasteiger partial charge in [0.2, 0.25) is 5.88 Å². The summed E-state index contributed by atoms with van der Waals surface area (Å²) in [5, 5.41) is 0. The van der Waals surface area contributed by atoms with Crippen molar-refractivity contribution in [1.29, 1.82) is 0 Å². The van der Waals surface area contributed by atoms with Gasteiger partial charge in [-0.05, 0) is 66.1 Å². The highest BCUT2D eigenvalue weighted by molar-refractivity contribution is 8.00. The van der Waals surface area contributed by atoms with E-state index < -0.39 is 5.51 Å². The molecule has 33 heavy (non-hydrogen) atoms. The van der Waals surface area contributed by atoms with Gasteiger partial charge < -0.3 is 9.64 Å². The molecule has 0 radical (unpaired) electrons. The predicted octanol–water partition coefficient (Wildman–Crippen LogP) is 6.08. The van der Waals surface area contributed by atoms with Crippen molar-refractivity contribution in [3.63, 3.8) is 0 Å². The first-order valence-corrected chi connectivity index (χ1v) is 11.7. The Morgan fingerprint density at radius 3 is 2.42 bits per heavy atom. The number of halogens is 3. The first-order chi connectivity index (χ1) is 15.9. The Bertz CT molecular complexity index is 1090. The SMILES string of the molecule is FC(F)(F)Sc1ccc(N2CN(Cc3ccnc(OCc4ccccc4)c3)C3(CC3)C2)cc1. The lowest BCUT2D eigenvalue weighted by atomic mass is 10.2. The Kier molecular flexibility index (Phi) is 5.97. The number of benzene rings is 2. The van der Waals surface area contributed by atoms with Crippen molar-refractivity contribution in [3.8, 4) is 5.88 Å². The van der Waals surface area contributed by atoms with Crippen LogP contribution < -0.4 is 9.64 Å². The number of hydrogen-bond donors (Lipinski definition) is 0. The Balaban J connectivity index is 1.23. The van der Waals surface area contributed by atoms with Crippen LogP contribution in [0, 0.1) is 0 Å². The largest absolute Gasteiger partial charge is 0.473 e. The van der Waals surface area contributed by atoms with E-state index in [2.05, 4.69) is 14.8 Å². The van der Waals surface area contributed by atoms with Gasteiger partial charge in [-0.15, -0.1) is 0 Å². The lowest BCUT2D eigenvalue weighted by molar-refractivity contribution is -0.0328. The molecule has 2 heterocycles. The smallest absolute Gasteiger partial charge is 0.446 e. The van der Waals surface area contributed by atoms with E-state index in [1.54, 1.807) is 30.5 Å². The Hall–Kier alpha value is -2.71. The summed E-state index contributed by atoms with van der Waals surface area (Å²) in [6.45, 7) is 2.89. The molecule has 0 amide bonds. The molecular formula is C25H24F3N3OS.